The smallest absolute Gasteiger partial charge is 0.271 e. The molecule has 0 saturated heterocycles. The van der Waals surface area contributed by atoms with E-state index in [1.54, 1.807) is 32.0 Å². The van der Waals surface area contributed by atoms with E-state index in [0.29, 0.717) is 17.0 Å². The summed E-state index contributed by atoms with van der Waals surface area (Å²) in [6, 6.07) is 10.6. The third-order valence-corrected chi connectivity index (χ3v) is 5.10. The number of hydrogen-bond donors (Lipinski definition) is 2. The molecule has 0 aromatic heterocycles. The molecule has 0 saturated carbocycles. The number of nitrogens with zero attached hydrogens (tertiary/aromatic N) is 1. The van der Waals surface area contributed by atoms with E-state index in [-0.39, 0.29) is 30.3 Å². The Labute approximate surface area is 182 Å². The van der Waals surface area contributed by atoms with Gasteiger partial charge < -0.3 is 15.4 Å². The molecular formula is C24H29N3O4. The summed E-state index contributed by atoms with van der Waals surface area (Å²) in [6.45, 7) is 10.7. The van der Waals surface area contributed by atoms with E-state index < -0.39 is 5.60 Å². The fraction of sp³-hybridized carbons (Fsp3) is 0.375. The Morgan fingerprint density at radius 3 is 2.35 bits per heavy atom. The maximum absolute atomic E-state index is 13.1. The first kappa shape index (κ1) is 22.3. The van der Waals surface area contributed by atoms with E-state index in [9.17, 15) is 14.4 Å². The second kappa shape index (κ2) is 8.41. The molecule has 1 aliphatic heterocycles. The number of aryl methyl sites for hydroxylation is 2. The molecule has 0 fully saturated rings. The molecule has 0 radical (unpaired) electrons. The average molecular weight is 424 g/mol. The van der Waals surface area contributed by atoms with Crippen LogP contribution >= 0.6 is 0 Å². The van der Waals surface area contributed by atoms with E-state index in [1.165, 1.54) is 4.90 Å². The monoisotopic (exact) mass is 423 g/mol. The van der Waals surface area contributed by atoms with Gasteiger partial charge >= 0.3 is 0 Å². The summed E-state index contributed by atoms with van der Waals surface area (Å²) in [4.78, 5) is 39.8. The first-order valence-electron chi connectivity index (χ1n) is 10.3. The zero-order valence-electron chi connectivity index (χ0n) is 18.8. The molecule has 0 spiro atoms. The number of nitrogens with one attached hydrogen (secondary N) is 2. The van der Waals surface area contributed by atoms with Crippen LogP contribution in [0.5, 0.6) is 5.75 Å². The Kier molecular flexibility index (Phi) is 6.06. The van der Waals surface area contributed by atoms with Crippen molar-refractivity contribution in [2.45, 2.75) is 53.2 Å². The van der Waals surface area contributed by atoms with E-state index in [1.807, 2.05) is 45.9 Å². The largest absolute Gasteiger partial charge is 0.476 e. The van der Waals surface area contributed by atoms with Gasteiger partial charge in [0.15, 0.2) is 5.60 Å². The van der Waals surface area contributed by atoms with Crippen LogP contribution in [-0.2, 0) is 9.59 Å². The minimum atomic E-state index is -1.13. The number of amides is 3. The summed E-state index contributed by atoms with van der Waals surface area (Å²) in [5.41, 5.74) is 2.28. The Morgan fingerprint density at radius 2 is 1.74 bits per heavy atom. The number of anilines is 2. The SMILES string of the molecule is Cc1cccc(C)c1NC(=O)CN1C(=O)C(C)(C)Oc2ccc(C(=O)NC(C)C)cc21. The molecule has 3 amide bonds. The summed E-state index contributed by atoms with van der Waals surface area (Å²) in [5, 5.41) is 5.75. The molecule has 0 aliphatic carbocycles. The van der Waals surface area contributed by atoms with Gasteiger partial charge in [0.05, 0.1) is 5.69 Å². The van der Waals surface area contributed by atoms with Crippen LogP contribution in [0.25, 0.3) is 0 Å². The van der Waals surface area contributed by atoms with Crippen molar-refractivity contribution in [3.05, 3.63) is 53.1 Å². The molecule has 1 aliphatic rings. The van der Waals surface area contributed by atoms with Gasteiger partial charge in [0.2, 0.25) is 5.91 Å². The molecule has 2 aromatic rings. The lowest BCUT2D eigenvalue weighted by Gasteiger charge is -2.38. The standard InChI is InChI=1S/C24H29N3O4/c1-14(2)25-22(29)17-10-11-19-18(12-17)27(23(30)24(5,6)31-19)13-20(28)26-21-15(3)8-7-9-16(21)4/h7-12,14H,13H2,1-6H3,(H,25,29)(H,26,28). The molecule has 31 heavy (non-hydrogen) atoms. The highest BCUT2D eigenvalue weighted by molar-refractivity contribution is 6.09. The lowest BCUT2D eigenvalue weighted by molar-refractivity contribution is -0.133. The van der Waals surface area contributed by atoms with Crippen LogP contribution < -0.4 is 20.3 Å². The van der Waals surface area contributed by atoms with Gasteiger partial charge in [-0.05, 0) is 70.9 Å². The average Bonchev–Trinajstić information content (AvgIpc) is 2.67. The molecule has 2 aromatic carbocycles. The van der Waals surface area contributed by atoms with E-state index in [0.717, 1.165) is 16.8 Å². The molecule has 0 bridgehead atoms. The highest BCUT2D eigenvalue weighted by Gasteiger charge is 2.42. The van der Waals surface area contributed by atoms with Crippen molar-refractivity contribution in [1.29, 1.82) is 0 Å². The Balaban J connectivity index is 1.92. The topological polar surface area (TPSA) is 87.7 Å². The lowest BCUT2D eigenvalue weighted by Crippen LogP contribution is -2.54. The number of para-hydroxylation sites is 1. The van der Waals surface area contributed by atoms with Gasteiger partial charge in [-0.15, -0.1) is 0 Å². The second-order valence-electron chi connectivity index (χ2n) is 8.63. The highest BCUT2D eigenvalue weighted by Crippen LogP contribution is 2.38. The van der Waals surface area contributed by atoms with Crippen molar-refractivity contribution in [2.75, 3.05) is 16.8 Å². The van der Waals surface area contributed by atoms with Crippen LogP contribution in [0, 0.1) is 13.8 Å². The third-order valence-electron chi connectivity index (χ3n) is 5.10. The first-order valence-corrected chi connectivity index (χ1v) is 10.3. The zero-order chi connectivity index (χ0) is 22.9. The number of carbonyl (C=O) groups excluding carboxylic acids is 3. The molecule has 3 rings (SSSR count). The quantitative estimate of drug-likeness (QED) is 0.769. The number of ether oxygens (including phenoxy) is 1. The van der Waals surface area contributed by atoms with Gasteiger partial charge in [-0.3, -0.25) is 19.3 Å². The minimum Gasteiger partial charge on any atom is -0.476 e. The Bertz CT molecular complexity index is 1020. The molecule has 0 atom stereocenters. The summed E-state index contributed by atoms with van der Waals surface area (Å²) in [7, 11) is 0. The fourth-order valence-corrected chi connectivity index (χ4v) is 3.55. The van der Waals surface area contributed by atoms with E-state index in [4.69, 9.17) is 4.74 Å². The second-order valence-corrected chi connectivity index (χ2v) is 8.63. The number of hydrogen-bond acceptors (Lipinski definition) is 4. The molecule has 1 heterocycles. The summed E-state index contributed by atoms with van der Waals surface area (Å²) < 4.78 is 5.86. The molecule has 2 N–H and O–H groups in total. The molecular weight excluding hydrogens is 394 g/mol. The van der Waals surface area contributed by atoms with Crippen LogP contribution in [0.2, 0.25) is 0 Å². The Hall–Kier alpha value is -3.35. The summed E-state index contributed by atoms with van der Waals surface area (Å²) in [5.74, 6) is -0.481. The van der Waals surface area contributed by atoms with Crippen LogP contribution in [0.3, 0.4) is 0 Å². The Morgan fingerprint density at radius 1 is 1.10 bits per heavy atom. The van der Waals surface area contributed by atoms with Crippen molar-refractivity contribution in [2.24, 2.45) is 0 Å². The number of benzene rings is 2. The van der Waals surface area contributed by atoms with Gasteiger partial charge in [0, 0.05) is 17.3 Å². The maximum atomic E-state index is 13.1. The van der Waals surface area contributed by atoms with E-state index >= 15 is 0 Å². The van der Waals surface area contributed by atoms with Gasteiger partial charge in [-0.25, -0.2) is 0 Å². The summed E-state index contributed by atoms with van der Waals surface area (Å²) >= 11 is 0. The van der Waals surface area contributed by atoms with Crippen LogP contribution in [-0.4, -0.2) is 35.9 Å². The van der Waals surface area contributed by atoms with Crippen LogP contribution in [0.4, 0.5) is 11.4 Å². The van der Waals surface area contributed by atoms with Crippen molar-refractivity contribution in [1.82, 2.24) is 5.32 Å². The van der Waals surface area contributed by atoms with Gasteiger partial charge in [0.25, 0.3) is 11.8 Å². The lowest BCUT2D eigenvalue weighted by atomic mass is 10.0. The first-order chi connectivity index (χ1) is 14.5. The third kappa shape index (κ3) is 4.71. The fourth-order valence-electron chi connectivity index (χ4n) is 3.55. The zero-order valence-corrected chi connectivity index (χ0v) is 18.8. The van der Waals surface area contributed by atoms with Crippen molar-refractivity contribution >= 4 is 29.1 Å². The van der Waals surface area contributed by atoms with Crippen molar-refractivity contribution in [3.8, 4) is 5.75 Å². The van der Waals surface area contributed by atoms with Crippen LogP contribution in [0.1, 0.15) is 49.2 Å². The molecule has 0 unspecified atom stereocenters. The van der Waals surface area contributed by atoms with Gasteiger partial charge in [-0.1, -0.05) is 18.2 Å². The number of carbonyl (C=O) groups is 3. The predicted octanol–water partition coefficient (Wildman–Crippen LogP) is 3.58. The minimum absolute atomic E-state index is 0.0282. The van der Waals surface area contributed by atoms with Crippen LogP contribution in [0.15, 0.2) is 36.4 Å². The maximum Gasteiger partial charge on any atom is 0.271 e. The summed E-state index contributed by atoms with van der Waals surface area (Å²) in [6.07, 6.45) is 0. The van der Waals surface area contributed by atoms with Gasteiger partial charge in [-0.2, -0.15) is 0 Å². The van der Waals surface area contributed by atoms with E-state index in [2.05, 4.69) is 10.6 Å². The number of rotatable bonds is 5. The van der Waals surface area contributed by atoms with Crippen molar-refractivity contribution < 1.29 is 19.1 Å². The number of fused-ring (bicyclic) bond motifs is 1. The molecule has 7 nitrogen and oxygen atoms in total. The normalized spacial score (nSPS) is 14.7. The highest BCUT2D eigenvalue weighted by atomic mass is 16.5. The molecule has 7 heteroatoms. The predicted molar refractivity (Wildman–Crippen MR) is 121 cm³/mol. The van der Waals surface area contributed by atoms with Crippen molar-refractivity contribution in [3.63, 3.8) is 0 Å². The molecule has 164 valence electrons. The van der Waals surface area contributed by atoms with Gasteiger partial charge in [0.1, 0.15) is 12.3 Å².